The zero-order valence-corrected chi connectivity index (χ0v) is 19.0. The van der Waals surface area contributed by atoms with Crippen LogP contribution in [0, 0.1) is 16.0 Å². The van der Waals surface area contributed by atoms with Gasteiger partial charge in [0, 0.05) is 44.8 Å². The number of hydrogen-bond acceptors (Lipinski definition) is 7. The Bertz CT molecular complexity index is 872. The first-order valence-corrected chi connectivity index (χ1v) is 11.7. The quantitative estimate of drug-likeness (QED) is 0.295. The van der Waals surface area contributed by atoms with E-state index in [0.29, 0.717) is 32.8 Å². The van der Waals surface area contributed by atoms with Crippen LogP contribution in [0.25, 0.3) is 0 Å². The van der Waals surface area contributed by atoms with Crippen molar-refractivity contribution in [1.29, 1.82) is 0 Å². The summed E-state index contributed by atoms with van der Waals surface area (Å²) in [6.45, 7) is 14.6. The summed E-state index contributed by atoms with van der Waals surface area (Å²) in [6.07, 6.45) is 3.62. The number of benzene rings is 1. The third-order valence-corrected chi connectivity index (χ3v) is 7.14. The second kappa shape index (κ2) is 11.4. The van der Waals surface area contributed by atoms with Crippen LogP contribution in [0.5, 0.6) is 0 Å². The lowest BCUT2D eigenvalue weighted by molar-refractivity contribution is -0.384. The topological polar surface area (TPSA) is 105 Å². The van der Waals surface area contributed by atoms with Crippen molar-refractivity contribution in [2.45, 2.75) is 24.8 Å². The highest BCUT2D eigenvalue weighted by Gasteiger charge is 2.29. The SMILES string of the molecule is C=CCN(CC=C)[C@@H](CNc1ccc(S(=O)(=O)N2CCOCC2)cc1[N+](=O)[O-])C(C)C. The van der Waals surface area contributed by atoms with E-state index in [4.69, 9.17) is 4.74 Å². The molecule has 0 bridgehead atoms. The van der Waals surface area contributed by atoms with Gasteiger partial charge in [0.1, 0.15) is 5.69 Å². The minimum Gasteiger partial charge on any atom is -0.379 e. The Morgan fingerprint density at radius 1 is 1.26 bits per heavy atom. The largest absolute Gasteiger partial charge is 0.379 e. The number of nitro benzene ring substituents is 1. The van der Waals surface area contributed by atoms with E-state index in [-0.39, 0.29) is 41.3 Å². The molecule has 1 aromatic rings. The van der Waals surface area contributed by atoms with Gasteiger partial charge in [-0.1, -0.05) is 26.0 Å². The first kappa shape index (κ1) is 25.0. The van der Waals surface area contributed by atoms with Crippen LogP contribution in [0.2, 0.25) is 0 Å². The maximum atomic E-state index is 12.9. The molecule has 1 N–H and O–H groups in total. The number of morpholine rings is 1. The number of anilines is 1. The van der Waals surface area contributed by atoms with Gasteiger partial charge in [0.25, 0.3) is 5.69 Å². The molecule has 2 rings (SSSR count). The van der Waals surface area contributed by atoms with Crippen LogP contribution in [-0.2, 0) is 14.8 Å². The van der Waals surface area contributed by atoms with Gasteiger partial charge >= 0.3 is 0 Å². The Morgan fingerprint density at radius 2 is 1.87 bits per heavy atom. The molecule has 1 fully saturated rings. The maximum absolute atomic E-state index is 12.9. The lowest BCUT2D eigenvalue weighted by Gasteiger charge is -2.33. The van der Waals surface area contributed by atoms with Crippen molar-refractivity contribution in [3.8, 4) is 0 Å². The molecule has 0 unspecified atom stereocenters. The normalized spacial score (nSPS) is 16.3. The highest BCUT2D eigenvalue weighted by Crippen LogP contribution is 2.29. The van der Waals surface area contributed by atoms with Gasteiger partial charge in [0.15, 0.2) is 0 Å². The molecule has 1 saturated heterocycles. The number of nitro groups is 1. The standard InChI is InChI=1S/C21H32N4O5S/c1-5-9-23(10-6-2)21(17(3)4)16-22-19-8-7-18(15-20(19)25(26)27)31(28,29)24-11-13-30-14-12-24/h5-8,15,17,21-22H,1-2,9-14,16H2,3-4H3/t21-/m0/s1. The molecule has 10 heteroatoms. The fourth-order valence-corrected chi connectivity index (χ4v) is 5.01. The summed E-state index contributed by atoms with van der Waals surface area (Å²) in [4.78, 5) is 13.2. The van der Waals surface area contributed by atoms with Crippen LogP contribution in [0.4, 0.5) is 11.4 Å². The molecule has 0 radical (unpaired) electrons. The Kier molecular flexibility index (Phi) is 9.17. The molecule has 1 atom stereocenters. The highest BCUT2D eigenvalue weighted by atomic mass is 32.2. The zero-order valence-electron chi connectivity index (χ0n) is 18.2. The maximum Gasteiger partial charge on any atom is 0.293 e. The second-order valence-corrected chi connectivity index (χ2v) is 9.61. The number of hydrogen-bond donors (Lipinski definition) is 1. The molecule has 1 aromatic carbocycles. The highest BCUT2D eigenvalue weighted by molar-refractivity contribution is 7.89. The Balaban J connectivity index is 2.27. The van der Waals surface area contributed by atoms with Crippen molar-refractivity contribution in [3.05, 3.63) is 53.6 Å². The summed E-state index contributed by atoms with van der Waals surface area (Å²) >= 11 is 0. The van der Waals surface area contributed by atoms with Crippen molar-refractivity contribution >= 4 is 21.4 Å². The van der Waals surface area contributed by atoms with Crippen molar-refractivity contribution in [2.75, 3.05) is 51.3 Å². The van der Waals surface area contributed by atoms with Crippen LogP contribution >= 0.6 is 0 Å². The minimum absolute atomic E-state index is 0.0763. The first-order valence-electron chi connectivity index (χ1n) is 10.3. The van der Waals surface area contributed by atoms with Crippen molar-refractivity contribution in [1.82, 2.24) is 9.21 Å². The molecule has 31 heavy (non-hydrogen) atoms. The molecule has 1 heterocycles. The molecule has 0 saturated carbocycles. The average molecular weight is 453 g/mol. The van der Waals surface area contributed by atoms with Gasteiger partial charge in [-0.05, 0) is 18.1 Å². The van der Waals surface area contributed by atoms with Crippen LogP contribution < -0.4 is 5.32 Å². The van der Waals surface area contributed by atoms with Crippen molar-refractivity contribution in [2.24, 2.45) is 5.92 Å². The molecule has 1 aliphatic heterocycles. The Morgan fingerprint density at radius 3 is 2.39 bits per heavy atom. The molecular weight excluding hydrogens is 420 g/mol. The summed E-state index contributed by atoms with van der Waals surface area (Å²) in [5, 5.41) is 14.8. The molecular formula is C21H32N4O5S. The van der Waals surface area contributed by atoms with Crippen LogP contribution in [-0.4, -0.2) is 74.5 Å². The summed E-state index contributed by atoms with van der Waals surface area (Å²) in [7, 11) is -3.82. The number of nitrogens with one attached hydrogen (secondary N) is 1. The average Bonchev–Trinajstić information content (AvgIpc) is 2.74. The van der Waals surface area contributed by atoms with E-state index in [1.165, 1.54) is 16.4 Å². The van der Waals surface area contributed by atoms with Crippen LogP contribution in [0.1, 0.15) is 13.8 Å². The molecule has 172 valence electrons. The number of rotatable bonds is 12. The van der Waals surface area contributed by atoms with E-state index < -0.39 is 14.9 Å². The fraction of sp³-hybridized carbons (Fsp3) is 0.524. The van der Waals surface area contributed by atoms with E-state index in [0.717, 1.165) is 6.07 Å². The van der Waals surface area contributed by atoms with E-state index in [1.54, 1.807) is 0 Å². The molecule has 1 aliphatic rings. The van der Waals surface area contributed by atoms with Gasteiger partial charge in [-0.2, -0.15) is 4.31 Å². The Labute approximate surface area is 184 Å². The van der Waals surface area contributed by atoms with E-state index in [9.17, 15) is 18.5 Å². The Hall–Kier alpha value is -2.27. The monoisotopic (exact) mass is 452 g/mol. The van der Waals surface area contributed by atoms with Gasteiger partial charge in [-0.3, -0.25) is 15.0 Å². The van der Waals surface area contributed by atoms with Gasteiger partial charge in [-0.25, -0.2) is 8.42 Å². The first-order chi connectivity index (χ1) is 14.7. The lowest BCUT2D eigenvalue weighted by Crippen LogP contribution is -2.43. The molecule has 0 spiro atoms. The third-order valence-electron chi connectivity index (χ3n) is 5.24. The second-order valence-electron chi connectivity index (χ2n) is 7.68. The van der Waals surface area contributed by atoms with Crippen LogP contribution in [0.3, 0.4) is 0 Å². The van der Waals surface area contributed by atoms with Gasteiger partial charge in [0.2, 0.25) is 10.0 Å². The molecule has 0 aromatic heterocycles. The van der Waals surface area contributed by atoms with E-state index in [2.05, 4.69) is 37.2 Å². The number of sulfonamides is 1. The van der Waals surface area contributed by atoms with Crippen molar-refractivity contribution in [3.63, 3.8) is 0 Å². The summed E-state index contributed by atoms with van der Waals surface area (Å²) in [6, 6.07) is 4.08. The smallest absolute Gasteiger partial charge is 0.293 e. The predicted molar refractivity (Wildman–Crippen MR) is 122 cm³/mol. The molecule has 0 aliphatic carbocycles. The van der Waals surface area contributed by atoms with Gasteiger partial charge in [-0.15, -0.1) is 13.2 Å². The predicted octanol–water partition coefficient (Wildman–Crippen LogP) is 2.73. The summed E-state index contributed by atoms with van der Waals surface area (Å²) in [5.74, 6) is 0.271. The fourth-order valence-electron chi connectivity index (χ4n) is 3.59. The molecule has 9 nitrogen and oxygen atoms in total. The third kappa shape index (κ3) is 6.36. The number of ether oxygens (including phenoxy) is 1. The van der Waals surface area contributed by atoms with E-state index >= 15 is 0 Å². The summed E-state index contributed by atoms with van der Waals surface area (Å²) in [5.41, 5.74) is 0.0181. The van der Waals surface area contributed by atoms with Gasteiger partial charge in [0.05, 0.1) is 23.0 Å². The zero-order chi connectivity index (χ0) is 23.0. The van der Waals surface area contributed by atoms with E-state index in [1.807, 2.05) is 12.2 Å². The van der Waals surface area contributed by atoms with Gasteiger partial charge < -0.3 is 10.1 Å². The minimum atomic E-state index is -3.82. The van der Waals surface area contributed by atoms with Crippen molar-refractivity contribution < 1.29 is 18.1 Å². The number of nitrogens with zero attached hydrogens (tertiary/aromatic N) is 3. The summed E-state index contributed by atoms with van der Waals surface area (Å²) < 4.78 is 32.2. The van der Waals surface area contributed by atoms with Crippen LogP contribution in [0.15, 0.2) is 48.4 Å². The molecule has 0 amide bonds. The lowest BCUT2D eigenvalue weighted by atomic mass is 10.0.